The number of amides is 1. The Morgan fingerprint density at radius 2 is 1.76 bits per heavy atom. The minimum Gasteiger partial charge on any atom is -0.496 e. The average Bonchev–Trinajstić information content (AvgIpc) is 3.34. The van der Waals surface area contributed by atoms with Crippen molar-refractivity contribution in [3.63, 3.8) is 0 Å². The van der Waals surface area contributed by atoms with E-state index in [0.717, 1.165) is 25.9 Å². The number of pyridine rings is 1. The molecule has 2 fully saturated rings. The van der Waals surface area contributed by atoms with E-state index >= 15 is 0 Å². The highest BCUT2D eigenvalue weighted by molar-refractivity contribution is 5.96. The van der Waals surface area contributed by atoms with Crippen molar-refractivity contribution in [2.45, 2.75) is 25.7 Å². The first-order valence-electron chi connectivity index (χ1n) is 7.34. The molecule has 5 heteroatoms. The second-order valence-corrected chi connectivity index (χ2v) is 5.70. The summed E-state index contributed by atoms with van der Waals surface area (Å²) in [5, 5.41) is 0. The summed E-state index contributed by atoms with van der Waals surface area (Å²) in [6, 6.07) is 1.37. The molecule has 2 aliphatic rings. The molecular formula is C16H20N2O3. The van der Waals surface area contributed by atoms with Crippen LogP contribution in [0.4, 0.5) is 0 Å². The Bertz CT molecular complexity index is 657. The van der Waals surface area contributed by atoms with Gasteiger partial charge < -0.3 is 14.2 Å². The van der Waals surface area contributed by atoms with E-state index in [1.54, 1.807) is 24.4 Å². The van der Waals surface area contributed by atoms with Crippen LogP contribution in [0.25, 0.3) is 0 Å². The number of nitrogens with zero attached hydrogens (tertiary/aromatic N) is 2. The van der Waals surface area contributed by atoms with Crippen molar-refractivity contribution in [1.29, 1.82) is 0 Å². The van der Waals surface area contributed by atoms with Gasteiger partial charge in [0.2, 0.25) is 0 Å². The number of methoxy groups -OCH3 is 1. The molecule has 0 bridgehead atoms. The Hall–Kier alpha value is -2.04. The van der Waals surface area contributed by atoms with Crippen LogP contribution in [0.5, 0.6) is 5.75 Å². The van der Waals surface area contributed by atoms with Crippen LogP contribution in [0.15, 0.2) is 28.2 Å². The summed E-state index contributed by atoms with van der Waals surface area (Å²) in [5.41, 5.74) is 3.43. The van der Waals surface area contributed by atoms with Gasteiger partial charge in [-0.05, 0) is 25.7 Å². The number of hydrogen-bond donors (Lipinski definition) is 0. The fraction of sp³-hybridized carbons (Fsp3) is 0.500. The number of rotatable bonds is 2. The smallest absolute Gasteiger partial charge is 0.259 e. The van der Waals surface area contributed by atoms with E-state index in [1.165, 1.54) is 30.6 Å². The summed E-state index contributed by atoms with van der Waals surface area (Å²) in [6.45, 7) is 1.51. The SMILES string of the molecule is COc1cc(=O)n(C)cc1C(=O)N1CCC(=C2CC2)CC1. The number of allylic oxidation sites excluding steroid dienone is 1. The van der Waals surface area contributed by atoms with Gasteiger partial charge in [0.15, 0.2) is 0 Å². The Labute approximate surface area is 123 Å². The largest absolute Gasteiger partial charge is 0.496 e. The van der Waals surface area contributed by atoms with Crippen molar-refractivity contribution in [2.75, 3.05) is 20.2 Å². The maximum absolute atomic E-state index is 12.6. The number of carbonyl (C=O) groups excluding carboxylic acids is 1. The number of aryl methyl sites for hydroxylation is 1. The molecule has 3 rings (SSSR count). The monoisotopic (exact) mass is 288 g/mol. The van der Waals surface area contributed by atoms with Gasteiger partial charge in [-0.3, -0.25) is 9.59 Å². The molecule has 1 aliphatic carbocycles. The summed E-state index contributed by atoms with van der Waals surface area (Å²) < 4.78 is 6.61. The molecule has 21 heavy (non-hydrogen) atoms. The maximum atomic E-state index is 12.6. The third-order valence-corrected chi connectivity index (χ3v) is 4.29. The first-order chi connectivity index (χ1) is 10.1. The van der Waals surface area contributed by atoms with Crippen molar-refractivity contribution in [3.8, 4) is 5.75 Å². The van der Waals surface area contributed by atoms with Crippen LogP contribution in [0.2, 0.25) is 0 Å². The molecular weight excluding hydrogens is 268 g/mol. The van der Waals surface area contributed by atoms with Crippen LogP contribution in [0.3, 0.4) is 0 Å². The van der Waals surface area contributed by atoms with Gasteiger partial charge in [-0.2, -0.15) is 0 Å². The molecule has 0 atom stereocenters. The molecule has 1 saturated heterocycles. The van der Waals surface area contributed by atoms with E-state index in [1.807, 2.05) is 4.90 Å². The average molecular weight is 288 g/mol. The van der Waals surface area contributed by atoms with Crippen molar-refractivity contribution in [1.82, 2.24) is 9.47 Å². The second-order valence-electron chi connectivity index (χ2n) is 5.70. The number of hydrogen-bond acceptors (Lipinski definition) is 3. The standard InChI is InChI=1S/C16H20N2O3/c1-17-10-13(14(21-2)9-15(17)19)16(20)18-7-5-12(6-8-18)11-3-4-11/h9-10H,3-8H2,1-2H3. The normalized spacial score (nSPS) is 17.9. The van der Waals surface area contributed by atoms with Gasteiger partial charge in [0, 0.05) is 32.4 Å². The van der Waals surface area contributed by atoms with Gasteiger partial charge in [-0.25, -0.2) is 0 Å². The van der Waals surface area contributed by atoms with Gasteiger partial charge in [0.05, 0.1) is 12.7 Å². The van der Waals surface area contributed by atoms with Crippen LogP contribution in [0.1, 0.15) is 36.0 Å². The number of likely N-dealkylation sites (tertiary alicyclic amines) is 1. The zero-order valence-corrected chi connectivity index (χ0v) is 12.5. The van der Waals surface area contributed by atoms with Crippen LogP contribution >= 0.6 is 0 Å². The van der Waals surface area contributed by atoms with E-state index in [9.17, 15) is 9.59 Å². The summed E-state index contributed by atoms with van der Waals surface area (Å²) in [5.74, 6) is 0.303. The van der Waals surface area contributed by atoms with Crippen LogP contribution in [-0.2, 0) is 7.05 Å². The summed E-state index contributed by atoms with van der Waals surface area (Å²) in [7, 11) is 3.13. The van der Waals surface area contributed by atoms with E-state index in [4.69, 9.17) is 4.74 Å². The van der Waals surface area contributed by atoms with E-state index in [2.05, 4.69) is 0 Å². The zero-order valence-electron chi connectivity index (χ0n) is 12.5. The molecule has 0 unspecified atom stereocenters. The molecule has 0 aromatic carbocycles. The summed E-state index contributed by atoms with van der Waals surface area (Å²) >= 11 is 0. The van der Waals surface area contributed by atoms with Crippen LogP contribution in [0, 0.1) is 0 Å². The summed E-state index contributed by atoms with van der Waals surface area (Å²) in [6.07, 6.45) is 6.03. The predicted molar refractivity (Wildman–Crippen MR) is 79.6 cm³/mol. The van der Waals surface area contributed by atoms with E-state index in [0.29, 0.717) is 11.3 Å². The Kier molecular flexibility index (Phi) is 3.57. The predicted octanol–water partition coefficient (Wildman–Crippen LogP) is 1.72. The summed E-state index contributed by atoms with van der Waals surface area (Å²) in [4.78, 5) is 26.1. The molecule has 1 aliphatic heterocycles. The zero-order chi connectivity index (χ0) is 15.0. The van der Waals surface area contributed by atoms with Crippen molar-refractivity contribution in [2.24, 2.45) is 7.05 Å². The van der Waals surface area contributed by atoms with Crippen molar-refractivity contribution < 1.29 is 9.53 Å². The molecule has 2 heterocycles. The number of carbonyl (C=O) groups is 1. The second kappa shape index (κ2) is 5.39. The molecule has 1 amide bonds. The quantitative estimate of drug-likeness (QED) is 0.779. The lowest BCUT2D eigenvalue weighted by atomic mass is 10.0. The Balaban J connectivity index is 1.81. The van der Waals surface area contributed by atoms with Gasteiger partial charge in [-0.1, -0.05) is 11.1 Å². The highest BCUT2D eigenvalue weighted by Gasteiger charge is 2.26. The fourth-order valence-corrected chi connectivity index (χ4v) is 2.86. The lowest BCUT2D eigenvalue weighted by Gasteiger charge is -2.29. The third-order valence-electron chi connectivity index (χ3n) is 4.29. The van der Waals surface area contributed by atoms with Gasteiger partial charge in [-0.15, -0.1) is 0 Å². The lowest BCUT2D eigenvalue weighted by Crippen LogP contribution is -2.37. The number of piperidine rings is 1. The van der Waals surface area contributed by atoms with Gasteiger partial charge in [0.1, 0.15) is 5.75 Å². The molecule has 0 radical (unpaired) electrons. The van der Waals surface area contributed by atoms with E-state index < -0.39 is 0 Å². The molecule has 0 spiro atoms. The fourth-order valence-electron chi connectivity index (χ4n) is 2.86. The first-order valence-corrected chi connectivity index (χ1v) is 7.34. The number of aromatic nitrogens is 1. The van der Waals surface area contributed by atoms with Crippen LogP contribution in [-0.4, -0.2) is 35.6 Å². The van der Waals surface area contributed by atoms with Gasteiger partial charge in [0.25, 0.3) is 11.5 Å². The van der Waals surface area contributed by atoms with E-state index in [-0.39, 0.29) is 11.5 Å². The molecule has 5 nitrogen and oxygen atoms in total. The van der Waals surface area contributed by atoms with Crippen molar-refractivity contribution >= 4 is 5.91 Å². The lowest BCUT2D eigenvalue weighted by molar-refractivity contribution is 0.0739. The minimum absolute atomic E-state index is 0.0534. The Morgan fingerprint density at radius 1 is 1.14 bits per heavy atom. The number of ether oxygens (including phenoxy) is 1. The third kappa shape index (κ3) is 2.73. The topological polar surface area (TPSA) is 51.5 Å². The molecule has 1 aromatic rings. The Morgan fingerprint density at radius 3 is 2.33 bits per heavy atom. The maximum Gasteiger partial charge on any atom is 0.259 e. The van der Waals surface area contributed by atoms with Gasteiger partial charge >= 0.3 is 0 Å². The minimum atomic E-state index is -0.178. The first kappa shape index (κ1) is 13.9. The highest BCUT2D eigenvalue weighted by atomic mass is 16.5. The molecule has 0 N–H and O–H groups in total. The van der Waals surface area contributed by atoms with Crippen LogP contribution < -0.4 is 10.3 Å². The van der Waals surface area contributed by atoms with Crippen molar-refractivity contribution in [3.05, 3.63) is 39.3 Å². The highest BCUT2D eigenvalue weighted by Crippen LogP contribution is 2.36. The molecule has 1 aromatic heterocycles. The molecule has 1 saturated carbocycles. The molecule has 112 valence electrons.